The van der Waals surface area contributed by atoms with Gasteiger partial charge in [0.15, 0.2) is 0 Å². The van der Waals surface area contributed by atoms with Crippen molar-refractivity contribution in [3.05, 3.63) is 156 Å². The second-order valence-electron chi connectivity index (χ2n) is 15.2. The zero-order valence-corrected chi connectivity index (χ0v) is 33.3. The highest BCUT2D eigenvalue weighted by Gasteiger charge is 2.27. The molecule has 4 heterocycles. The number of hydrogen-bond acceptors (Lipinski definition) is 7. The Labute approximate surface area is 325 Å². The smallest absolute Gasteiger partial charge is 0.141 e. The Balaban J connectivity index is 0.000000180. The van der Waals surface area contributed by atoms with E-state index in [9.17, 15) is 0 Å². The van der Waals surface area contributed by atoms with Gasteiger partial charge in [0.1, 0.15) is 18.3 Å². The largest absolute Gasteiger partial charge is 0.371 e. The summed E-state index contributed by atoms with van der Waals surface area (Å²) in [5.74, 6) is 2.24. The molecule has 54 heavy (non-hydrogen) atoms. The summed E-state index contributed by atoms with van der Waals surface area (Å²) < 4.78 is 18.1. The monoisotopic (exact) mass is 730 g/mol. The lowest BCUT2D eigenvalue weighted by Gasteiger charge is -2.30. The van der Waals surface area contributed by atoms with Crippen molar-refractivity contribution in [3.63, 3.8) is 0 Å². The molecule has 5 aromatic rings. The topological polar surface area (TPSA) is 79.2 Å². The minimum Gasteiger partial charge on any atom is -0.371 e. The highest BCUT2D eigenvalue weighted by molar-refractivity contribution is 5.26. The fraction of sp³-hybridized carbons (Fsp3) is 0.447. The van der Waals surface area contributed by atoms with E-state index in [1.54, 1.807) is 12.4 Å². The lowest BCUT2D eigenvalue weighted by Crippen LogP contribution is -2.21. The molecule has 0 spiro atoms. The fourth-order valence-electron chi connectivity index (χ4n) is 6.21. The van der Waals surface area contributed by atoms with Crippen LogP contribution in [-0.4, -0.2) is 39.8 Å². The number of nitrogens with zero attached hydrogens (tertiary/aromatic N) is 4. The molecule has 1 aromatic carbocycles. The molecular weight excluding hydrogens is 669 g/mol. The van der Waals surface area contributed by atoms with Crippen molar-refractivity contribution in [2.24, 2.45) is 23.7 Å². The number of ether oxygens (including phenoxy) is 3. The summed E-state index contributed by atoms with van der Waals surface area (Å²) in [6.45, 7) is 15.2. The van der Waals surface area contributed by atoms with Crippen molar-refractivity contribution < 1.29 is 14.2 Å². The van der Waals surface area contributed by atoms with Crippen LogP contribution >= 0.6 is 0 Å². The summed E-state index contributed by atoms with van der Waals surface area (Å²) in [6, 6.07) is 34.0. The zero-order chi connectivity index (χ0) is 38.4. The first-order chi connectivity index (χ1) is 26.3. The Kier molecular flexibility index (Phi) is 19.0. The van der Waals surface area contributed by atoms with Gasteiger partial charge in [0.25, 0.3) is 0 Å². The normalized spacial score (nSPS) is 14.3. The summed E-state index contributed by atoms with van der Waals surface area (Å²) in [5.41, 5.74) is 5.03. The Bertz CT molecular complexity index is 1470. The molecule has 1 aliphatic rings. The summed E-state index contributed by atoms with van der Waals surface area (Å²) in [6.07, 6.45) is 13.9. The van der Waals surface area contributed by atoms with Crippen LogP contribution in [0.3, 0.4) is 0 Å². The standard InChI is InChI=1S/C16H25NO.C16H19NO.C15H18N2O/c2*1-13(2)12-18-16(14-8-4-3-5-9-14)15-10-6-7-11-17-15;1-12(2)11-18-15(13-7-3-5-9-16-13)14-8-4-6-10-17-14/h6-7,10-11,13-14,16H,3-5,8-9,12H2,1-2H3;3-11,13,16H,12H2,1-2H3;3-10,12,15H,11H2,1-2H3. The van der Waals surface area contributed by atoms with Crippen molar-refractivity contribution in [1.29, 1.82) is 0 Å². The molecule has 0 bridgehead atoms. The van der Waals surface area contributed by atoms with Crippen LogP contribution < -0.4 is 0 Å². The van der Waals surface area contributed by atoms with Crippen LogP contribution in [0.15, 0.2) is 128 Å². The van der Waals surface area contributed by atoms with Crippen LogP contribution in [-0.2, 0) is 14.2 Å². The molecule has 288 valence electrons. The van der Waals surface area contributed by atoms with Gasteiger partial charge in [-0.05, 0) is 90.6 Å². The van der Waals surface area contributed by atoms with Crippen LogP contribution in [0.2, 0.25) is 0 Å². The lowest BCUT2D eigenvalue weighted by molar-refractivity contribution is -0.0166. The van der Waals surface area contributed by atoms with E-state index < -0.39 is 0 Å². The third-order valence-corrected chi connectivity index (χ3v) is 8.83. The summed E-state index contributed by atoms with van der Waals surface area (Å²) in [5, 5.41) is 0. The molecule has 0 N–H and O–H groups in total. The van der Waals surface area contributed by atoms with Crippen molar-refractivity contribution >= 4 is 0 Å². The van der Waals surface area contributed by atoms with Gasteiger partial charge in [-0.2, -0.15) is 0 Å². The van der Waals surface area contributed by atoms with Gasteiger partial charge in [-0.3, -0.25) is 19.9 Å². The minimum absolute atomic E-state index is 0.0743. The Morgan fingerprint density at radius 1 is 0.444 bits per heavy atom. The van der Waals surface area contributed by atoms with E-state index in [1.807, 2.05) is 91.3 Å². The molecule has 0 amide bonds. The van der Waals surface area contributed by atoms with Gasteiger partial charge in [0, 0.05) is 31.4 Å². The molecule has 0 radical (unpaired) electrons. The maximum absolute atomic E-state index is 6.17. The van der Waals surface area contributed by atoms with Crippen LogP contribution in [0.25, 0.3) is 0 Å². The van der Waals surface area contributed by atoms with E-state index in [-0.39, 0.29) is 18.3 Å². The SMILES string of the molecule is CC(C)COC(c1ccccc1)c1ccccn1.CC(C)COC(c1ccccn1)C1CCCCC1.CC(C)COC(c1ccccn1)c1ccccn1. The van der Waals surface area contributed by atoms with E-state index in [1.165, 1.54) is 32.1 Å². The maximum Gasteiger partial charge on any atom is 0.141 e. The molecule has 2 atom stereocenters. The van der Waals surface area contributed by atoms with Gasteiger partial charge in [0.2, 0.25) is 0 Å². The van der Waals surface area contributed by atoms with Gasteiger partial charge in [-0.15, -0.1) is 0 Å². The van der Waals surface area contributed by atoms with E-state index >= 15 is 0 Å². The van der Waals surface area contributed by atoms with Crippen LogP contribution in [0.5, 0.6) is 0 Å². The minimum atomic E-state index is -0.185. The number of benzene rings is 1. The fourth-order valence-corrected chi connectivity index (χ4v) is 6.21. The van der Waals surface area contributed by atoms with Crippen LogP contribution in [0.4, 0.5) is 0 Å². The average Bonchev–Trinajstić information content (AvgIpc) is 3.21. The predicted octanol–water partition coefficient (Wildman–Crippen LogP) is 11.5. The Hall–Kier alpha value is -4.30. The molecule has 0 saturated heterocycles. The first-order valence-corrected chi connectivity index (χ1v) is 19.8. The van der Waals surface area contributed by atoms with Crippen LogP contribution in [0.1, 0.15) is 120 Å². The Morgan fingerprint density at radius 3 is 1.26 bits per heavy atom. The quantitative estimate of drug-likeness (QED) is 0.106. The number of hydrogen-bond donors (Lipinski definition) is 0. The molecule has 2 unspecified atom stereocenters. The number of aromatic nitrogens is 4. The zero-order valence-electron chi connectivity index (χ0n) is 33.3. The third kappa shape index (κ3) is 15.2. The maximum atomic E-state index is 6.17. The molecular formula is C47H62N4O3. The second-order valence-corrected chi connectivity index (χ2v) is 15.2. The summed E-state index contributed by atoms with van der Waals surface area (Å²) in [4.78, 5) is 17.7. The third-order valence-electron chi connectivity index (χ3n) is 8.83. The van der Waals surface area contributed by atoms with E-state index in [0.717, 1.165) is 41.6 Å². The molecule has 1 fully saturated rings. The van der Waals surface area contributed by atoms with E-state index in [4.69, 9.17) is 14.2 Å². The van der Waals surface area contributed by atoms with Crippen LogP contribution in [0, 0.1) is 23.7 Å². The predicted molar refractivity (Wildman–Crippen MR) is 219 cm³/mol. The van der Waals surface area contributed by atoms with Gasteiger partial charge in [-0.25, -0.2) is 0 Å². The molecule has 1 aliphatic carbocycles. The number of pyridine rings is 4. The molecule has 4 aromatic heterocycles. The highest BCUT2D eigenvalue weighted by atomic mass is 16.5. The highest BCUT2D eigenvalue weighted by Crippen LogP contribution is 2.36. The molecule has 6 rings (SSSR count). The lowest BCUT2D eigenvalue weighted by atomic mass is 9.84. The number of rotatable bonds is 15. The first kappa shape index (κ1) is 42.4. The van der Waals surface area contributed by atoms with E-state index in [0.29, 0.717) is 30.3 Å². The second kappa shape index (κ2) is 24.2. The molecule has 0 aliphatic heterocycles. The summed E-state index contributed by atoms with van der Waals surface area (Å²) in [7, 11) is 0. The molecule has 7 heteroatoms. The van der Waals surface area contributed by atoms with Crippen molar-refractivity contribution in [2.45, 2.75) is 92.0 Å². The molecule has 7 nitrogen and oxygen atoms in total. The summed E-state index contributed by atoms with van der Waals surface area (Å²) >= 11 is 0. The van der Waals surface area contributed by atoms with Gasteiger partial charge >= 0.3 is 0 Å². The van der Waals surface area contributed by atoms with Gasteiger partial charge in [0.05, 0.1) is 36.0 Å². The van der Waals surface area contributed by atoms with Crippen molar-refractivity contribution in [2.75, 3.05) is 19.8 Å². The first-order valence-electron chi connectivity index (χ1n) is 19.8. The van der Waals surface area contributed by atoms with Gasteiger partial charge in [-0.1, -0.05) is 115 Å². The van der Waals surface area contributed by atoms with Crippen molar-refractivity contribution in [1.82, 2.24) is 19.9 Å². The average molecular weight is 731 g/mol. The van der Waals surface area contributed by atoms with E-state index in [2.05, 4.69) is 85.7 Å². The van der Waals surface area contributed by atoms with Crippen molar-refractivity contribution in [3.8, 4) is 0 Å². The Morgan fingerprint density at radius 2 is 0.833 bits per heavy atom. The van der Waals surface area contributed by atoms with Gasteiger partial charge < -0.3 is 14.2 Å². The molecule has 1 saturated carbocycles.